The molecule has 2 aliphatic rings. The van der Waals surface area contributed by atoms with Crippen molar-refractivity contribution in [3.8, 4) is 0 Å². The molecule has 2 fully saturated rings. The summed E-state index contributed by atoms with van der Waals surface area (Å²) in [6.45, 7) is 7.64. The second-order valence-electron chi connectivity index (χ2n) is 3.75. The summed E-state index contributed by atoms with van der Waals surface area (Å²) >= 11 is 0. The number of ether oxygens (including phenoxy) is 2. The molecule has 0 bridgehead atoms. The molecule has 0 amide bonds. The molecule has 3 heteroatoms. The van der Waals surface area contributed by atoms with Gasteiger partial charge < -0.3 is 9.47 Å². The van der Waals surface area contributed by atoms with Crippen LogP contribution in [0.3, 0.4) is 0 Å². The van der Waals surface area contributed by atoms with E-state index < -0.39 is 0 Å². The molecule has 0 aromatic rings. The summed E-state index contributed by atoms with van der Waals surface area (Å²) in [5.74, 6) is 0.618. The molecule has 2 heterocycles. The van der Waals surface area contributed by atoms with E-state index >= 15 is 0 Å². The molecular formula is C8H15NO2. The van der Waals surface area contributed by atoms with Gasteiger partial charge in [-0.25, -0.2) is 4.90 Å². The van der Waals surface area contributed by atoms with Crippen molar-refractivity contribution in [3.63, 3.8) is 0 Å². The zero-order chi connectivity index (χ0) is 7.90. The Morgan fingerprint density at radius 1 is 1.18 bits per heavy atom. The van der Waals surface area contributed by atoms with Gasteiger partial charge in [-0.05, 0) is 5.92 Å². The van der Waals surface area contributed by atoms with Crippen LogP contribution in [0.1, 0.15) is 13.8 Å². The van der Waals surface area contributed by atoms with Crippen molar-refractivity contribution >= 4 is 0 Å². The van der Waals surface area contributed by atoms with Crippen LogP contribution in [0, 0.1) is 5.92 Å². The lowest BCUT2D eigenvalue weighted by molar-refractivity contribution is 0.0694. The fourth-order valence-corrected chi connectivity index (χ4v) is 1.88. The van der Waals surface area contributed by atoms with Gasteiger partial charge in [0.1, 0.15) is 13.5 Å². The molecule has 0 aliphatic carbocycles. The maximum Gasteiger partial charge on any atom is 0.101 e. The summed E-state index contributed by atoms with van der Waals surface area (Å²) in [5.41, 5.74) is 0.194. The van der Waals surface area contributed by atoms with E-state index in [2.05, 4.69) is 18.7 Å². The van der Waals surface area contributed by atoms with Crippen molar-refractivity contribution < 1.29 is 9.47 Å². The van der Waals surface area contributed by atoms with Gasteiger partial charge in [0, 0.05) is 0 Å². The van der Waals surface area contributed by atoms with Crippen molar-refractivity contribution in [2.45, 2.75) is 19.4 Å². The summed E-state index contributed by atoms with van der Waals surface area (Å²) in [4.78, 5) is 2.29. The van der Waals surface area contributed by atoms with Gasteiger partial charge in [0.25, 0.3) is 0 Å². The molecule has 2 aliphatic heterocycles. The van der Waals surface area contributed by atoms with Crippen LogP contribution in [0.4, 0.5) is 0 Å². The molecule has 0 aromatic carbocycles. The molecule has 2 rings (SSSR count). The number of rotatable bonds is 1. The topological polar surface area (TPSA) is 21.7 Å². The molecule has 64 valence electrons. The smallest absolute Gasteiger partial charge is 0.101 e. The van der Waals surface area contributed by atoms with E-state index in [1.54, 1.807) is 0 Å². The first-order chi connectivity index (χ1) is 5.26. The third kappa shape index (κ3) is 0.916. The molecule has 0 atom stereocenters. The SMILES string of the molecule is CC(C)C12COCN1COC2. The van der Waals surface area contributed by atoms with E-state index in [0.717, 1.165) is 26.7 Å². The maximum absolute atomic E-state index is 5.42. The Kier molecular flexibility index (Phi) is 1.67. The molecular weight excluding hydrogens is 142 g/mol. The molecule has 11 heavy (non-hydrogen) atoms. The van der Waals surface area contributed by atoms with Gasteiger partial charge in [-0.1, -0.05) is 13.8 Å². The predicted octanol–water partition coefficient (Wildman–Crippen LogP) is 0.659. The van der Waals surface area contributed by atoms with Crippen molar-refractivity contribution in [2.75, 3.05) is 26.7 Å². The summed E-state index contributed by atoms with van der Waals surface area (Å²) < 4.78 is 10.8. The van der Waals surface area contributed by atoms with E-state index in [-0.39, 0.29) is 5.54 Å². The monoisotopic (exact) mass is 157 g/mol. The Balaban J connectivity index is 2.20. The number of nitrogens with zero attached hydrogens (tertiary/aromatic N) is 1. The molecule has 0 unspecified atom stereocenters. The van der Waals surface area contributed by atoms with Crippen LogP contribution in [0.2, 0.25) is 0 Å². The summed E-state index contributed by atoms with van der Waals surface area (Å²) in [6, 6.07) is 0. The summed E-state index contributed by atoms with van der Waals surface area (Å²) in [5, 5.41) is 0. The Morgan fingerprint density at radius 3 is 2.09 bits per heavy atom. The summed E-state index contributed by atoms with van der Waals surface area (Å²) in [6.07, 6.45) is 0. The molecule has 0 radical (unpaired) electrons. The molecule has 0 spiro atoms. The number of fused-ring (bicyclic) bond motifs is 1. The van der Waals surface area contributed by atoms with E-state index in [0.29, 0.717) is 5.92 Å². The second-order valence-corrected chi connectivity index (χ2v) is 3.75. The van der Waals surface area contributed by atoms with Crippen LogP contribution >= 0.6 is 0 Å². The van der Waals surface area contributed by atoms with E-state index in [4.69, 9.17) is 9.47 Å². The lowest BCUT2D eigenvalue weighted by atomic mass is 9.88. The molecule has 0 saturated carbocycles. The Labute approximate surface area is 67.3 Å². The van der Waals surface area contributed by atoms with Crippen molar-refractivity contribution in [2.24, 2.45) is 5.92 Å². The lowest BCUT2D eigenvalue weighted by Gasteiger charge is -2.31. The lowest BCUT2D eigenvalue weighted by Crippen LogP contribution is -2.47. The first kappa shape index (κ1) is 7.53. The zero-order valence-electron chi connectivity index (χ0n) is 7.17. The highest BCUT2D eigenvalue weighted by Crippen LogP contribution is 2.34. The highest BCUT2D eigenvalue weighted by atomic mass is 16.6. The van der Waals surface area contributed by atoms with E-state index in [1.165, 1.54) is 0 Å². The average molecular weight is 157 g/mol. The third-order valence-corrected chi connectivity index (χ3v) is 2.90. The molecule has 2 saturated heterocycles. The highest BCUT2D eigenvalue weighted by molar-refractivity contribution is 4.97. The van der Waals surface area contributed by atoms with Gasteiger partial charge >= 0.3 is 0 Å². The van der Waals surface area contributed by atoms with Crippen molar-refractivity contribution in [1.82, 2.24) is 4.90 Å². The highest BCUT2D eigenvalue weighted by Gasteiger charge is 2.48. The van der Waals surface area contributed by atoms with Gasteiger partial charge in [-0.15, -0.1) is 0 Å². The van der Waals surface area contributed by atoms with Crippen LogP contribution in [0.25, 0.3) is 0 Å². The van der Waals surface area contributed by atoms with Gasteiger partial charge in [0.15, 0.2) is 0 Å². The van der Waals surface area contributed by atoms with Gasteiger partial charge in [-0.3, -0.25) is 0 Å². The third-order valence-electron chi connectivity index (χ3n) is 2.90. The predicted molar refractivity (Wildman–Crippen MR) is 41.0 cm³/mol. The van der Waals surface area contributed by atoms with Crippen LogP contribution in [-0.4, -0.2) is 37.1 Å². The first-order valence-electron chi connectivity index (χ1n) is 4.16. The average Bonchev–Trinajstić information content (AvgIpc) is 2.40. The van der Waals surface area contributed by atoms with Crippen LogP contribution in [-0.2, 0) is 9.47 Å². The first-order valence-corrected chi connectivity index (χ1v) is 4.16. The Hall–Kier alpha value is -0.120. The Morgan fingerprint density at radius 2 is 1.73 bits per heavy atom. The van der Waals surface area contributed by atoms with E-state index in [1.807, 2.05) is 0 Å². The number of hydrogen-bond acceptors (Lipinski definition) is 3. The van der Waals surface area contributed by atoms with Gasteiger partial charge in [-0.2, -0.15) is 0 Å². The minimum absolute atomic E-state index is 0.194. The zero-order valence-corrected chi connectivity index (χ0v) is 7.17. The molecule has 0 N–H and O–H groups in total. The molecule has 3 nitrogen and oxygen atoms in total. The van der Waals surface area contributed by atoms with Crippen molar-refractivity contribution in [1.29, 1.82) is 0 Å². The van der Waals surface area contributed by atoms with Crippen LogP contribution < -0.4 is 0 Å². The van der Waals surface area contributed by atoms with Crippen LogP contribution in [0.15, 0.2) is 0 Å². The standard InChI is InChI=1S/C8H15NO2/c1-7(2)8-3-10-5-9(8)6-11-4-8/h7H,3-6H2,1-2H3. The fourth-order valence-electron chi connectivity index (χ4n) is 1.88. The summed E-state index contributed by atoms with van der Waals surface area (Å²) in [7, 11) is 0. The maximum atomic E-state index is 5.42. The minimum atomic E-state index is 0.194. The Bertz CT molecular complexity index is 148. The molecule has 0 aromatic heterocycles. The van der Waals surface area contributed by atoms with Gasteiger partial charge in [0.05, 0.1) is 18.8 Å². The second kappa shape index (κ2) is 2.44. The normalized spacial score (nSPS) is 29.7. The minimum Gasteiger partial charge on any atom is -0.364 e. The van der Waals surface area contributed by atoms with Gasteiger partial charge in [0.2, 0.25) is 0 Å². The quantitative estimate of drug-likeness (QED) is 0.558. The largest absolute Gasteiger partial charge is 0.364 e. The number of hydrogen-bond donors (Lipinski definition) is 0. The van der Waals surface area contributed by atoms with Crippen LogP contribution in [0.5, 0.6) is 0 Å². The fraction of sp³-hybridized carbons (Fsp3) is 1.00. The van der Waals surface area contributed by atoms with E-state index in [9.17, 15) is 0 Å². The van der Waals surface area contributed by atoms with Crippen molar-refractivity contribution in [3.05, 3.63) is 0 Å².